The lowest BCUT2D eigenvalue weighted by Crippen LogP contribution is -2.41. The highest BCUT2D eigenvalue weighted by atomic mass is 32.1. The molecule has 1 aromatic carbocycles. The number of nitrogens with zero attached hydrogens (tertiary/aromatic N) is 4. The van der Waals surface area contributed by atoms with Gasteiger partial charge in [0.15, 0.2) is 5.13 Å². The highest BCUT2D eigenvalue weighted by Crippen LogP contribution is 2.26. The molecule has 1 atom stereocenters. The quantitative estimate of drug-likeness (QED) is 0.731. The topological polar surface area (TPSA) is 72.3 Å². The summed E-state index contributed by atoms with van der Waals surface area (Å²) < 4.78 is 7.04. The van der Waals surface area contributed by atoms with E-state index in [4.69, 9.17) is 4.74 Å². The van der Waals surface area contributed by atoms with Crippen LogP contribution in [-0.2, 0) is 7.05 Å². The summed E-state index contributed by atoms with van der Waals surface area (Å²) >= 11 is 1.67. The molecule has 7 nitrogen and oxygen atoms in total. The molecule has 1 amide bonds. The first-order valence-electron chi connectivity index (χ1n) is 9.09. The van der Waals surface area contributed by atoms with Crippen LogP contribution in [0.25, 0.3) is 10.9 Å². The van der Waals surface area contributed by atoms with Crippen molar-refractivity contribution in [3.8, 4) is 5.88 Å². The summed E-state index contributed by atoms with van der Waals surface area (Å²) in [5, 5.41) is 11.5. The third kappa shape index (κ3) is 3.62. The largest absolute Gasteiger partial charge is 0.481 e. The Kier molecular flexibility index (Phi) is 4.98. The number of amides is 1. The van der Waals surface area contributed by atoms with Gasteiger partial charge in [-0.1, -0.05) is 0 Å². The van der Waals surface area contributed by atoms with Gasteiger partial charge in [0, 0.05) is 43.8 Å². The van der Waals surface area contributed by atoms with Crippen LogP contribution in [0.15, 0.2) is 29.8 Å². The third-order valence-electron chi connectivity index (χ3n) is 5.00. The van der Waals surface area contributed by atoms with Crippen molar-refractivity contribution in [2.24, 2.45) is 13.0 Å². The molecule has 27 heavy (non-hydrogen) atoms. The summed E-state index contributed by atoms with van der Waals surface area (Å²) in [5.74, 6) is 1.07. The SMILES string of the molecule is COc1c2ccc(C(=O)NCC3CCCN(c4nccs4)C3)cc2nn1C. The van der Waals surface area contributed by atoms with E-state index in [1.165, 1.54) is 0 Å². The zero-order valence-electron chi connectivity index (χ0n) is 15.5. The first kappa shape index (κ1) is 17.8. The van der Waals surface area contributed by atoms with Crippen LogP contribution < -0.4 is 15.0 Å². The van der Waals surface area contributed by atoms with E-state index in [-0.39, 0.29) is 5.91 Å². The Morgan fingerprint density at radius 1 is 1.44 bits per heavy atom. The number of ether oxygens (including phenoxy) is 1. The number of nitrogens with one attached hydrogen (secondary N) is 1. The van der Waals surface area contributed by atoms with E-state index in [1.807, 2.05) is 36.8 Å². The van der Waals surface area contributed by atoms with E-state index in [1.54, 1.807) is 23.1 Å². The third-order valence-corrected chi connectivity index (χ3v) is 5.83. The smallest absolute Gasteiger partial charge is 0.251 e. The molecule has 1 unspecified atom stereocenters. The van der Waals surface area contributed by atoms with Crippen LogP contribution in [0.2, 0.25) is 0 Å². The average molecular weight is 385 g/mol. The number of aromatic nitrogens is 3. The van der Waals surface area contributed by atoms with Crippen LogP contribution in [-0.4, -0.2) is 47.4 Å². The monoisotopic (exact) mass is 385 g/mol. The van der Waals surface area contributed by atoms with Gasteiger partial charge in [-0.15, -0.1) is 11.3 Å². The fourth-order valence-corrected chi connectivity index (χ4v) is 4.36. The molecule has 0 bridgehead atoms. The number of rotatable bonds is 5. The summed E-state index contributed by atoms with van der Waals surface area (Å²) in [5.41, 5.74) is 1.38. The number of methoxy groups -OCH3 is 1. The molecule has 1 fully saturated rings. The van der Waals surface area contributed by atoms with Crippen molar-refractivity contribution in [1.82, 2.24) is 20.1 Å². The van der Waals surface area contributed by atoms with Gasteiger partial charge in [-0.25, -0.2) is 9.67 Å². The number of thiazole rings is 1. The Morgan fingerprint density at radius 2 is 2.33 bits per heavy atom. The minimum Gasteiger partial charge on any atom is -0.481 e. The average Bonchev–Trinajstić information content (AvgIpc) is 3.32. The summed E-state index contributed by atoms with van der Waals surface area (Å²) in [6.45, 7) is 2.64. The van der Waals surface area contributed by atoms with E-state index in [9.17, 15) is 4.79 Å². The van der Waals surface area contributed by atoms with E-state index in [2.05, 4.69) is 20.3 Å². The Balaban J connectivity index is 1.39. The fourth-order valence-electron chi connectivity index (χ4n) is 3.68. The van der Waals surface area contributed by atoms with Gasteiger partial charge < -0.3 is 15.0 Å². The highest BCUT2D eigenvalue weighted by Gasteiger charge is 2.22. The molecule has 1 N–H and O–H groups in total. The number of fused-ring (bicyclic) bond motifs is 1. The maximum absolute atomic E-state index is 12.6. The van der Waals surface area contributed by atoms with Crippen molar-refractivity contribution in [3.63, 3.8) is 0 Å². The Hall–Kier alpha value is -2.61. The van der Waals surface area contributed by atoms with Crippen LogP contribution in [0.4, 0.5) is 5.13 Å². The molecule has 142 valence electrons. The van der Waals surface area contributed by atoms with E-state index < -0.39 is 0 Å². The lowest BCUT2D eigenvalue weighted by Gasteiger charge is -2.32. The van der Waals surface area contributed by atoms with Crippen molar-refractivity contribution in [1.29, 1.82) is 0 Å². The summed E-state index contributed by atoms with van der Waals surface area (Å²) in [4.78, 5) is 19.3. The van der Waals surface area contributed by atoms with Crippen molar-refractivity contribution < 1.29 is 9.53 Å². The molecular formula is C19H23N5O2S. The van der Waals surface area contributed by atoms with Gasteiger partial charge in [0.05, 0.1) is 18.0 Å². The van der Waals surface area contributed by atoms with Crippen LogP contribution in [0.5, 0.6) is 5.88 Å². The van der Waals surface area contributed by atoms with Gasteiger partial charge in [-0.2, -0.15) is 5.10 Å². The Bertz CT molecular complexity index is 937. The maximum Gasteiger partial charge on any atom is 0.251 e. The molecule has 2 aromatic heterocycles. The van der Waals surface area contributed by atoms with Gasteiger partial charge in [-0.3, -0.25) is 4.79 Å². The van der Waals surface area contributed by atoms with Crippen molar-refractivity contribution in [2.75, 3.05) is 31.6 Å². The summed E-state index contributed by atoms with van der Waals surface area (Å²) in [6.07, 6.45) is 4.09. The Morgan fingerprint density at radius 3 is 3.11 bits per heavy atom. The van der Waals surface area contributed by atoms with E-state index in [0.29, 0.717) is 23.9 Å². The molecule has 0 spiro atoms. The molecule has 1 saturated heterocycles. The number of anilines is 1. The fraction of sp³-hybridized carbons (Fsp3) is 0.421. The van der Waals surface area contributed by atoms with E-state index >= 15 is 0 Å². The van der Waals surface area contributed by atoms with Gasteiger partial charge in [0.2, 0.25) is 5.88 Å². The van der Waals surface area contributed by atoms with Gasteiger partial charge in [0.25, 0.3) is 5.91 Å². The molecule has 0 radical (unpaired) electrons. The second-order valence-electron chi connectivity index (χ2n) is 6.84. The Labute approximate surface area is 162 Å². The maximum atomic E-state index is 12.6. The molecule has 8 heteroatoms. The zero-order valence-corrected chi connectivity index (χ0v) is 16.3. The number of hydrogen-bond acceptors (Lipinski definition) is 6. The predicted molar refractivity (Wildman–Crippen MR) is 107 cm³/mol. The highest BCUT2D eigenvalue weighted by molar-refractivity contribution is 7.13. The van der Waals surface area contributed by atoms with Crippen LogP contribution >= 0.6 is 11.3 Å². The van der Waals surface area contributed by atoms with E-state index in [0.717, 1.165) is 42.0 Å². The first-order chi connectivity index (χ1) is 13.2. The molecular weight excluding hydrogens is 362 g/mol. The number of benzene rings is 1. The second kappa shape index (κ2) is 7.56. The number of hydrogen-bond donors (Lipinski definition) is 1. The van der Waals surface area contributed by atoms with Gasteiger partial charge in [-0.05, 0) is 37.0 Å². The minimum atomic E-state index is -0.0621. The number of piperidine rings is 1. The second-order valence-corrected chi connectivity index (χ2v) is 7.72. The number of carbonyl (C=O) groups is 1. The normalized spacial score (nSPS) is 17.3. The lowest BCUT2D eigenvalue weighted by molar-refractivity contribution is 0.0946. The lowest BCUT2D eigenvalue weighted by atomic mass is 9.98. The predicted octanol–water partition coefficient (Wildman–Crippen LogP) is 2.68. The summed E-state index contributed by atoms with van der Waals surface area (Å²) in [7, 11) is 3.45. The molecule has 0 saturated carbocycles. The number of aryl methyl sites for hydroxylation is 1. The first-order valence-corrected chi connectivity index (χ1v) is 9.97. The molecule has 0 aliphatic carbocycles. The molecule has 4 rings (SSSR count). The molecule has 3 aromatic rings. The number of carbonyl (C=O) groups excluding carboxylic acids is 1. The zero-order chi connectivity index (χ0) is 18.8. The van der Waals surface area contributed by atoms with Crippen molar-refractivity contribution in [3.05, 3.63) is 35.3 Å². The van der Waals surface area contributed by atoms with Gasteiger partial charge >= 0.3 is 0 Å². The van der Waals surface area contributed by atoms with Crippen LogP contribution in [0.1, 0.15) is 23.2 Å². The van der Waals surface area contributed by atoms with Crippen LogP contribution in [0.3, 0.4) is 0 Å². The molecule has 1 aliphatic heterocycles. The molecule has 3 heterocycles. The van der Waals surface area contributed by atoms with Gasteiger partial charge in [0.1, 0.15) is 0 Å². The van der Waals surface area contributed by atoms with Crippen LogP contribution in [0, 0.1) is 5.92 Å². The van der Waals surface area contributed by atoms with Crippen molar-refractivity contribution in [2.45, 2.75) is 12.8 Å². The standard InChI is InChI=1S/C19H23N5O2S/c1-23-18(26-2)15-6-5-14(10-16(15)22-23)17(25)21-11-13-4-3-8-24(12-13)19-20-7-9-27-19/h5-7,9-10,13H,3-4,8,11-12H2,1-2H3,(H,21,25). The minimum absolute atomic E-state index is 0.0621. The summed E-state index contributed by atoms with van der Waals surface area (Å²) in [6, 6.07) is 5.53. The van der Waals surface area contributed by atoms with Crippen molar-refractivity contribution >= 4 is 33.3 Å². The molecule has 1 aliphatic rings.